The summed E-state index contributed by atoms with van der Waals surface area (Å²) in [5.74, 6) is 0. The van der Waals surface area contributed by atoms with Gasteiger partial charge in [0.1, 0.15) is 4.90 Å². The lowest BCUT2D eigenvalue weighted by Gasteiger charge is -2.23. The predicted molar refractivity (Wildman–Crippen MR) is 77.1 cm³/mol. The summed E-state index contributed by atoms with van der Waals surface area (Å²) in [5, 5.41) is 9.12. The van der Waals surface area contributed by atoms with Crippen molar-refractivity contribution in [3.8, 4) is 0 Å². The number of benzene rings is 1. The van der Waals surface area contributed by atoms with Gasteiger partial charge in [0.25, 0.3) is 0 Å². The summed E-state index contributed by atoms with van der Waals surface area (Å²) in [4.78, 5) is -0.0403. The van der Waals surface area contributed by atoms with Gasteiger partial charge in [-0.1, -0.05) is 43.1 Å². The van der Waals surface area contributed by atoms with E-state index in [2.05, 4.69) is 4.72 Å². The summed E-state index contributed by atoms with van der Waals surface area (Å²) >= 11 is 11.7. The van der Waals surface area contributed by atoms with Crippen molar-refractivity contribution in [2.24, 2.45) is 5.41 Å². The van der Waals surface area contributed by atoms with Gasteiger partial charge in [0.2, 0.25) is 10.0 Å². The van der Waals surface area contributed by atoms with E-state index in [1.807, 2.05) is 13.8 Å². The molecule has 0 heterocycles. The third-order valence-electron chi connectivity index (χ3n) is 2.74. The van der Waals surface area contributed by atoms with Gasteiger partial charge >= 0.3 is 0 Å². The van der Waals surface area contributed by atoms with Crippen molar-refractivity contribution >= 4 is 33.2 Å². The highest BCUT2D eigenvalue weighted by molar-refractivity contribution is 7.89. The van der Waals surface area contributed by atoms with Gasteiger partial charge in [-0.3, -0.25) is 0 Å². The molecule has 0 aliphatic carbocycles. The molecule has 0 aliphatic rings. The van der Waals surface area contributed by atoms with Crippen molar-refractivity contribution in [3.63, 3.8) is 0 Å². The van der Waals surface area contributed by atoms with Crippen LogP contribution >= 0.6 is 23.2 Å². The molecule has 0 spiro atoms. The molecular formula is C12H17Cl2NO3S. The SMILES string of the molecule is CC(C)(CCO)CNS(=O)(=O)c1cccc(Cl)c1Cl. The summed E-state index contributed by atoms with van der Waals surface area (Å²) in [7, 11) is -3.71. The summed E-state index contributed by atoms with van der Waals surface area (Å²) in [6.07, 6.45) is 0.499. The first-order valence-electron chi connectivity index (χ1n) is 5.74. The molecule has 0 saturated carbocycles. The number of hydrogen-bond acceptors (Lipinski definition) is 3. The van der Waals surface area contributed by atoms with Gasteiger partial charge in [-0.15, -0.1) is 0 Å². The Kier molecular flexibility index (Phi) is 5.65. The molecule has 19 heavy (non-hydrogen) atoms. The summed E-state index contributed by atoms with van der Waals surface area (Å²) < 4.78 is 26.8. The molecule has 0 aliphatic heterocycles. The molecule has 0 fully saturated rings. The normalized spacial score (nSPS) is 12.7. The maximum absolute atomic E-state index is 12.1. The molecule has 7 heteroatoms. The summed E-state index contributed by atoms with van der Waals surface area (Å²) in [5.41, 5.74) is -0.340. The van der Waals surface area contributed by atoms with E-state index in [9.17, 15) is 8.42 Å². The van der Waals surface area contributed by atoms with Gasteiger partial charge in [0.05, 0.1) is 10.0 Å². The predicted octanol–water partition coefficient (Wildman–Crippen LogP) is 2.68. The smallest absolute Gasteiger partial charge is 0.242 e. The molecule has 1 rings (SSSR count). The van der Waals surface area contributed by atoms with Gasteiger partial charge in [0.15, 0.2) is 0 Å². The zero-order valence-corrected chi connectivity index (χ0v) is 13.1. The Hall–Kier alpha value is -0.330. The quantitative estimate of drug-likeness (QED) is 0.845. The fraction of sp³-hybridized carbons (Fsp3) is 0.500. The first-order chi connectivity index (χ1) is 8.69. The largest absolute Gasteiger partial charge is 0.396 e. The third-order valence-corrected chi connectivity index (χ3v) is 5.11. The minimum absolute atomic E-state index is 0.00660. The fourth-order valence-corrected chi connectivity index (χ4v) is 3.45. The van der Waals surface area contributed by atoms with Gasteiger partial charge in [-0.05, 0) is 24.0 Å². The number of hydrogen-bond donors (Lipinski definition) is 2. The Bertz CT molecular complexity index is 544. The van der Waals surface area contributed by atoms with Crippen LogP contribution in [0.15, 0.2) is 23.1 Å². The number of halogens is 2. The lowest BCUT2D eigenvalue weighted by atomic mass is 9.90. The third kappa shape index (κ3) is 4.61. The molecule has 0 radical (unpaired) electrons. The van der Waals surface area contributed by atoms with Gasteiger partial charge < -0.3 is 5.11 Å². The van der Waals surface area contributed by atoms with E-state index in [1.165, 1.54) is 18.2 Å². The van der Waals surface area contributed by atoms with Crippen LogP contribution in [0.1, 0.15) is 20.3 Å². The summed E-state index contributed by atoms with van der Waals surface area (Å²) in [6.45, 7) is 3.95. The molecule has 1 aromatic carbocycles. The summed E-state index contributed by atoms with van der Waals surface area (Å²) in [6, 6.07) is 4.45. The van der Waals surface area contributed by atoms with Crippen LogP contribution < -0.4 is 4.72 Å². The first kappa shape index (κ1) is 16.7. The monoisotopic (exact) mass is 325 g/mol. The molecule has 0 bridgehead atoms. The van der Waals surface area contributed by atoms with E-state index >= 15 is 0 Å². The second-order valence-electron chi connectivity index (χ2n) is 5.01. The number of nitrogens with one attached hydrogen (secondary N) is 1. The van der Waals surface area contributed by atoms with Crippen molar-refractivity contribution in [1.82, 2.24) is 4.72 Å². The van der Waals surface area contributed by atoms with Crippen molar-refractivity contribution in [2.45, 2.75) is 25.2 Å². The molecule has 0 atom stereocenters. The van der Waals surface area contributed by atoms with E-state index in [1.54, 1.807) is 0 Å². The number of rotatable bonds is 6. The van der Waals surface area contributed by atoms with Crippen LogP contribution in [0.25, 0.3) is 0 Å². The molecular weight excluding hydrogens is 309 g/mol. The average Bonchev–Trinajstić information content (AvgIpc) is 2.30. The second kappa shape index (κ2) is 6.41. The molecule has 0 amide bonds. The van der Waals surface area contributed by atoms with E-state index in [0.29, 0.717) is 6.42 Å². The zero-order chi connectivity index (χ0) is 14.7. The van der Waals surface area contributed by atoms with E-state index in [-0.39, 0.29) is 33.5 Å². The number of aliphatic hydroxyl groups excluding tert-OH is 1. The molecule has 2 N–H and O–H groups in total. The van der Waals surface area contributed by atoms with Crippen molar-refractivity contribution in [3.05, 3.63) is 28.2 Å². The Morgan fingerprint density at radius 2 is 1.95 bits per heavy atom. The second-order valence-corrected chi connectivity index (χ2v) is 7.53. The molecule has 0 aromatic heterocycles. The highest BCUT2D eigenvalue weighted by Crippen LogP contribution is 2.29. The Morgan fingerprint density at radius 3 is 2.53 bits per heavy atom. The average molecular weight is 326 g/mol. The molecule has 0 saturated heterocycles. The van der Waals surface area contributed by atoms with Crippen LogP contribution in [0.3, 0.4) is 0 Å². The molecule has 1 aromatic rings. The van der Waals surface area contributed by atoms with Crippen LogP contribution in [0.4, 0.5) is 0 Å². The topological polar surface area (TPSA) is 66.4 Å². The fourth-order valence-electron chi connectivity index (χ4n) is 1.45. The van der Waals surface area contributed by atoms with Crippen LogP contribution in [-0.2, 0) is 10.0 Å². The Labute approximate surface area is 123 Å². The van der Waals surface area contributed by atoms with Crippen molar-refractivity contribution in [1.29, 1.82) is 0 Å². The molecule has 108 valence electrons. The Morgan fingerprint density at radius 1 is 1.32 bits per heavy atom. The zero-order valence-electron chi connectivity index (χ0n) is 10.8. The lowest BCUT2D eigenvalue weighted by Crippen LogP contribution is -2.34. The molecule has 4 nitrogen and oxygen atoms in total. The Balaban J connectivity index is 2.91. The van der Waals surface area contributed by atoms with Crippen LogP contribution in [0.2, 0.25) is 10.0 Å². The van der Waals surface area contributed by atoms with E-state index in [4.69, 9.17) is 28.3 Å². The number of sulfonamides is 1. The lowest BCUT2D eigenvalue weighted by molar-refractivity contribution is 0.213. The van der Waals surface area contributed by atoms with Gasteiger partial charge in [0, 0.05) is 13.2 Å². The maximum Gasteiger partial charge on any atom is 0.242 e. The van der Waals surface area contributed by atoms with Crippen LogP contribution in [-0.4, -0.2) is 26.7 Å². The van der Waals surface area contributed by atoms with Crippen LogP contribution in [0.5, 0.6) is 0 Å². The maximum atomic E-state index is 12.1. The highest BCUT2D eigenvalue weighted by atomic mass is 35.5. The van der Waals surface area contributed by atoms with Crippen molar-refractivity contribution < 1.29 is 13.5 Å². The van der Waals surface area contributed by atoms with E-state index in [0.717, 1.165) is 0 Å². The van der Waals surface area contributed by atoms with E-state index < -0.39 is 10.0 Å². The number of aliphatic hydroxyl groups is 1. The van der Waals surface area contributed by atoms with Gasteiger partial charge in [-0.25, -0.2) is 13.1 Å². The molecule has 0 unspecified atom stereocenters. The van der Waals surface area contributed by atoms with Crippen LogP contribution in [0, 0.1) is 5.41 Å². The van der Waals surface area contributed by atoms with Crippen molar-refractivity contribution in [2.75, 3.05) is 13.2 Å². The minimum Gasteiger partial charge on any atom is -0.396 e. The standard InChI is InChI=1S/C12H17Cl2NO3S/c1-12(2,6-7-16)8-15-19(17,18)10-5-3-4-9(13)11(10)14/h3-5,15-16H,6-8H2,1-2H3. The first-order valence-corrected chi connectivity index (χ1v) is 7.98. The van der Waals surface area contributed by atoms with Gasteiger partial charge in [-0.2, -0.15) is 0 Å². The minimum atomic E-state index is -3.71. The highest BCUT2D eigenvalue weighted by Gasteiger charge is 2.24.